The zero-order valence-corrected chi connectivity index (χ0v) is 19.5. The Morgan fingerprint density at radius 2 is 1.85 bits per heavy atom. The third-order valence-electron chi connectivity index (χ3n) is 5.73. The molecule has 1 atom stereocenters. The molecule has 0 aliphatic carbocycles. The van der Waals surface area contributed by atoms with Crippen LogP contribution in [0.15, 0.2) is 76.8 Å². The summed E-state index contributed by atoms with van der Waals surface area (Å²) in [6, 6.07) is 22.0. The Bertz CT molecular complexity index is 1380. The summed E-state index contributed by atoms with van der Waals surface area (Å²) in [4.78, 5) is 18.2. The fourth-order valence-corrected chi connectivity index (χ4v) is 4.81. The van der Waals surface area contributed by atoms with Crippen LogP contribution in [0.5, 0.6) is 5.75 Å². The highest BCUT2D eigenvalue weighted by Crippen LogP contribution is 2.33. The molecule has 5 rings (SSSR count). The summed E-state index contributed by atoms with van der Waals surface area (Å²) >= 11 is 1.50. The number of amides is 1. The van der Waals surface area contributed by atoms with Gasteiger partial charge in [-0.25, -0.2) is 5.01 Å². The lowest BCUT2D eigenvalue weighted by Gasteiger charge is -2.34. The van der Waals surface area contributed by atoms with Crippen molar-refractivity contribution in [3.8, 4) is 5.75 Å². The number of benzene rings is 3. The van der Waals surface area contributed by atoms with Gasteiger partial charge in [-0.1, -0.05) is 65.9 Å². The highest BCUT2D eigenvalue weighted by Gasteiger charge is 2.34. The van der Waals surface area contributed by atoms with Gasteiger partial charge in [0.2, 0.25) is 0 Å². The van der Waals surface area contributed by atoms with Gasteiger partial charge >= 0.3 is 0 Å². The van der Waals surface area contributed by atoms with Crippen molar-refractivity contribution >= 4 is 28.5 Å². The molecule has 3 aromatic carbocycles. The Morgan fingerprint density at radius 1 is 1.06 bits per heavy atom. The molecule has 0 fully saturated rings. The molecule has 0 saturated heterocycles. The fraction of sp³-hybridized carbons (Fsp3) is 0.192. The molecule has 2 aliphatic rings. The molecule has 1 amide bonds. The van der Waals surface area contributed by atoms with Crippen LogP contribution in [0.3, 0.4) is 0 Å². The number of fused-ring (bicyclic) bond motifs is 2. The molecule has 0 bridgehead atoms. The SMILES string of the molecule is COc1ccc([C@H]2N=c3ccccc3=C3C(=O)NC(SCc4ccc(C)cc4)=NN32)cc1C. The fourth-order valence-electron chi connectivity index (χ4n) is 4.01. The molecular formula is C26H24N4O2S. The van der Waals surface area contributed by atoms with Gasteiger partial charge < -0.3 is 4.74 Å². The van der Waals surface area contributed by atoms with Crippen molar-refractivity contribution in [1.82, 2.24) is 10.3 Å². The van der Waals surface area contributed by atoms with Crippen molar-refractivity contribution in [2.45, 2.75) is 25.8 Å². The van der Waals surface area contributed by atoms with Crippen LogP contribution < -0.4 is 20.6 Å². The van der Waals surface area contributed by atoms with Crippen molar-refractivity contribution in [2.75, 3.05) is 7.11 Å². The van der Waals surface area contributed by atoms with E-state index in [2.05, 4.69) is 36.5 Å². The number of para-hydroxylation sites is 1. The van der Waals surface area contributed by atoms with Gasteiger partial charge in [0.25, 0.3) is 5.91 Å². The van der Waals surface area contributed by atoms with Crippen LogP contribution in [0.4, 0.5) is 0 Å². The summed E-state index contributed by atoms with van der Waals surface area (Å²) in [7, 11) is 1.66. The summed E-state index contributed by atoms with van der Waals surface area (Å²) in [6.45, 7) is 4.07. The first-order chi connectivity index (χ1) is 16.0. The third kappa shape index (κ3) is 4.12. The van der Waals surface area contributed by atoms with E-state index >= 15 is 0 Å². The molecule has 166 valence electrons. The first-order valence-electron chi connectivity index (χ1n) is 10.7. The number of ether oxygens (including phenoxy) is 1. The number of hydrogen-bond donors (Lipinski definition) is 1. The zero-order valence-electron chi connectivity index (χ0n) is 18.7. The second kappa shape index (κ2) is 8.75. The molecule has 0 unspecified atom stereocenters. The largest absolute Gasteiger partial charge is 0.496 e. The highest BCUT2D eigenvalue weighted by atomic mass is 32.2. The quantitative estimate of drug-likeness (QED) is 0.654. The van der Waals surface area contributed by atoms with Gasteiger partial charge in [0, 0.05) is 11.0 Å². The third-order valence-corrected chi connectivity index (χ3v) is 6.66. The minimum Gasteiger partial charge on any atom is -0.496 e. The maximum atomic E-state index is 13.3. The molecule has 6 nitrogen and oxygen atoms in total. The number of hydrazone groups is 1. The smallest absolute Gasteiger partial charge is 0.276 e. The number of amidine groups is 1. The number of aryl methyl sites for hydroxylation is 2. The van der Waals surface area contributed by atoms with Crippen LogP contribution >= 0.6 is 11.8 Å². The van der Waals surface area contributed by atoms with Crippen molar-refractivity contribution in [3.63, 3.8) is 0 Å². The number of methoxy groups -OCH3 is 1. The highest BCUT2D eigenvalue weighted by molar-refractivity contribution is 8.13. The minimum atomic E-state index is -0.444. The first-order valence-corrected chi connectivity index (χ1v) is 11.7. The second-order valence-electron chi connectivity index (χ2n) is 8.08. The Kier molecular flexibility index (Phi) is 5.64. The van der Waals surface area contributed by atoms with Crippen LogP contribution in [-0.2, 0) is 10.5 Å². The van der Waals surface area contributed by atoms with Crippen LogP contribution in [0.25, 0.3) is 5.70 Å². The van der Waals surface area contributed by atoms with Gasteiger partial charge in [-0.3, -0.25) is 15.1 Å². The normalized spacial score (nSPS) is 16.9. The Labute approximate surface area is 196 Å². The molecule has 2 heterocycles. The lowest BCUT2D eigenvalue weighted by molar-refractivity contribution is -0.116. The van der Waals surface area contributed by atoms with E-state index in [1.165, 1.54) is 22.9 Å². The number of nitrogens with zero attached hydrogens (tertiary/aromatic N) is 3. The predicted molar refractivity (Wildman–Crippen MR) is 131 cm³/mol. The number of nitrogens with one attached hydrogen (secondary N) is 1. The van der Waals surface area contributed by atoms with Crippen LogP contribution in [0, 0.1) is 13.8 Å². The van der Waals surface area contributed by atoms with Crippen molar-refractivity contribution in [1.29, 1.82) is 0 Å². The number of carbonyl (C=O) groups is 1. The van der Waals surface area contributed by atoms with E-state index in [1.54, 1.807) is 12.1 Å². The molecule has 1 N–H and O–H groups in total. The van der Waals surface area contributed by atoms with E-state index in [4.69, 9.17) is 14.8 Å². The molecule has 3 aromatic rings. The molecule has 0 aromatic heterocycles. The first kappa shape index (κ1) is 21.3. The number of hydrogen-bond acceptors (Lipinski definition) is 6. The Balaban J connectivity index is 1.55. The van der Waals surface area contributed by atoms with Crippen LogP contribution in [-0.4, -0.2) is 23.2 Å². The Hall–Kier alpha value is -3.58. The molecule has 0 saturated carbocycles. The average Bonchev–Trinajstić information content (AvgIpc) is 2.83. The van der Waals surface area contributed by atoms with Gasteiger partial charge in [0.05, 0.1) is 12.5 Å². The van der Waals surface area contributed by atoms with Crippen molar-refractivity contribution < 1.29 is 9.53 Å². The van der Waals surface area contributed by atoms with Gasteiger partial charge in [0.15, 0.2) is 11.3 Å². The summed E-state index contributed by atoms with van der Waals surface area (Å²) in [5.41, 5.74) is 4.86. The number of thioether (sulfide) groups is 1. The van der Waals surface area contributed by atoms with Gasteiger partial charge in [-0.15, -0.1) is 5.10 Å². The maximum absolute atomic E-state index is 13.3. The molecular weight excluding hydrogens is 432 g/mol. The van der Waals surface area contributed by atoms with Crippen molar-refractivity contribution in [2.24, 2.45) is 10.1 Å². The minimum absolute atomic E-state index is 0.172. The predicted octanol–water partition coefficient (Wildman–Crippen LogP) is 3.39. The van der Waals surface area contributed by atoms with Gasteiger partial charge in [-0.05, 0) is 48.7 Å². The van der Waals surface area contributed by atoms with Crippen molar-refractivity contribution in [3.05, 3.63) is 99.6 Å². The standard InChI is InChI=1S/C26H24N4O2S/c1-16-8-10-18(11-9-16)15-33-26-28-25(31)23-20-6-4-5-7-21(20)27-24(30(23)29-26)19-12-13-22(32-3)17(2)14-19/h4-14,24H,15H2,1-3H3,(H,28,29,31)/t24-/m0/s1. The van der Waals surface area contributed by atoms with E-state index in [1.807, 2.05) is 49.4 Å². The molecule has 7 heteroatoms. The lowest BCUT2D eigenvalue weighted by atomic mass is 10.1. The van der Waals surface area contributed by atoms with Crippen LogP contribution in [0.2, 0.25) is 0 Å². The molecule has 0 spiro atoms. The summed E-state index contributed by atoms with van der Waals surface area (Å²) in [5.74, 6) is 1.35. The average molecular weight is 457 g/mol. The summed E-state index contributed by atoms with van der Waals surface area (Å²) < 4.78 is 5.42. The summed E-state index contributed by atoms with van der Waals surface area (Å²) in [5, 5.41) is 11.7. The van der Waals surface area contributed by atoms with E-state index < -0.39 is 6.17 Å². The molecule has 2 aliphatic heterocycles. The van der Waals surface area contributed by atoms with E-state index in [-0.39, 0.29) is 5.91 Å². The van der Waals surface area contributed by atoms with Crippen LogP contribution in [0.1, 0.15) is 28.4 Å². The monoisotopic (exact) mass is 456 g/mol. The second-order valence-corrected chi connectivity index (χ2v) is 9.04. The number of rotatable bonds is 4. The van der Waals surface area contributed by atoms with Gasteiger partial charge in [0.1, 0.15) is 11.4 Å². The maximum Gasteiger partial charge on any atom is 0.276 e. The van der Waals surface area contributed by atoms with E-state index in [9.17, 15) is 4.79 Å². The number of carbonyl (C=O) groups excluding carboxylic acids is 1. The van der Waals surface area contributed by atoms with E-state index in [0.717, 1.165) is 27.5 Å². The topological polar surface area (TPSA) is 66.3 Å². The molecule has 33 heavy (non-hydrogen) atoms. The summed E-state index contributed by atoms with van der Waals surface area (Å²) in [6.07, 6.45) is -0.444. The van der Waals surface area contributed by atoms with E-state index in [0.29, 0.717) is 16.6 Å². The zero-order chi connectivity index (χ0) is 22.9. The lowest BCUT2D eigenvalue weighted by Crippen LogP contribution is -2.50. The Morgan fingerprint density at radius 3 is 2.61 bits per heavy atom. The van der Waals surface area contributed by atoms with Gasteiger partial charge in [-0.2, -0.15) is 0 Å². The molecule has 0 radical (unpaired) electrons.